The predicted molar refractivity (Wildman–Crippen MR) is 92.5 cm³/mol. The Labute approximate surface area is 147 Å². The average Bonchev–Trinajstić information content (AvgIpc) is 3.13. The van der Waals surface area contributed by atoms with Crippen LogP contribution in [0.2, 0.25) is 5.02 Å². The van der Waals surface area contributed by atoms with Crippen LogP contribution >= 0.6 is 11.6 Å². The van der Waals surface area contributed by atoms with Gasteiger partial charge in [0.2, 0.25) is 0 Å². The molecule has 0 saturated carbocycles. The third kappa shape index (κ3) is 4.05. The van der Waals surface area contributed by atoms with Crippen LogP contribution in [0, 0.1) is 5.82 Å². The summed E-state index contributed by atoms with van der Waals surface area (Å²) in [6.07, 6.45) is 1.38. The van der Waals surface area contributed by atoms with Gasteiger partial charge in [-0.15, -0.1) is 0 Å². The van der Waals surface area contributed by atoms with E-state index in [-0.39, 0.29) is 22.0 Å². The van der Waals surface area contributed by atoms with Crippen LogP contribution in [-0.4, -0.2) is 11.8 Å². The second-order valence-corrected chi connectivity index (χ2v) is 5.49. The van der Waals surface area contributed by atoms with Crippen molar-refractivity contribution in [2.24, 2.45) is 0 Å². The molecule has 0 aliphatic rings. The monoisotopic (exact) mass is 358 g/mol. The molecule has 0 unspecified atom stereocenters. The zero-order valence-electron chi connectivity index (χ0n) is 12.8. The normalized spacial score (nSPS) is 10.3. The Kier molecular flexibility index (Phi) is 4.81. The number of carbonyl (C=O) groups excluding carboxylic acids is 2. The molecular weight excluding hydrogens is 347 g/mol. The molecule has 2 aromatic carbocycles. The number of halogens is 2. The molecule has 3 aromatic rings. The lowest BCUT2D eigenvalue weighted by molar-refractivity contribution is 0.0993. The summed E-state index contributed by atoms with van der Waals surface area (Å²) in [6, 6.07) is 12.9. The number of nitrogens with one attached hydrogen (secondary N) is 2. The SMILES string of the molecule is O=C(Nc1ccc(F)cc1)c1ccc(Cl)c(NC(=O)c2ccco2)c1. The van der Waals surface area contributed by atoms with E-state index >= 15 is 0 Å². The van der Waals surface area contributed by atoms with E-state index in [1.54, 1.807) is 6.07 Å². The van der Waals surface area contributed by atoms with Crippen molar-refractivity contribution >= 4 is 34.8 Å². The Morgan fingerprint density at radius 3 is 2.40 bits per heavy atom. The molecule has 0 radical (unpaired) electrons. The Bertz CT molecular complexity index is 909. The summed E-state index contributed by atoms with van der Waals surface area (Å²) >= 11 is 6.07. The summed E-state index contributed by atoms with van der Waals surface area (Å²) in [5.74, 6) is -1.18. The van der Waals surface area contributed by atoms with Crippen molar-refractivity contribution in [2.75, 3.05) is 10.6 Å². The molecule has 7 heteroatoms. The van der Waals surface area contributed by atoms with Gasteiger partial charge in [0.1, 0.15) is 5.82 Å². The number of hydrogen-bond donors (Lipinski definition) is 2. The van der Waals surface area contributed by atoms with Crippen LogP contribution in [-0.2, 0) is 0 Å². The summed E-state index contributed by atoms with van der Waals surface area (Å²) in [6.45, 7) is 0. The zero-order valence-corrected chi connectivity index (χ0v) is 13.5. The highest BCUT2D eigenvalue weighted by Gasteiger charge is 2.14. The average molecular weight is 359 g/mol. The highest BCUT2D eigenvalue weighted by atomic mass is 35.5. The third-order valence-corrected chi connectivity index (χ3v) is 3.65. The van der Waals surface area contributed by atoms with E-state index in [9.17, 15) is 14.0 Å². The van der Waals surface area contributed by atoms with Crippen molar-refractivity contribution in [1.29, 1.82) is 0 Å². The maximum Gasteiger partial charge on any atom is 0.291 e. The molecule has 2 amide bonds. The van der Waals surface area contributed by atoms with Crippen molar-refractivity contribution in [1.82, 2.24) is 0 Å². The van der Waals surface area contributed by atoms with E-state index in [2.05, 4.69) is 10.6 Å². The lowest BCUT2D eigenvalue weighted by Gasteiger charge is -2.09. The van der Waals surface area contributed by atoms with Crippen LogP contribution < -0.4 is 10.6 Å². The highest BCUT2D eigenvalue weighted by Crippen LogP contribution is 2.24. The molecule has 126 valence electrons. The molecule has 0 bridgehead atoms. The molecule has 0 spiro atoms. The van der Waals surface area contributed by atoms with Gasteiger partial charge in [0.25, 0.3) is 11.8 Å². The number of hydrogen-bond acceptors (Lipinski definition) is 3. The smallest absolute Gasteiger partial charge is 0.291 e. The molecule has 0 atom stereocenters. The van der Waals surface area contributed by atoms with Gasteiger partial charge in [0.05, 0.1) is 17.0 Å². The summed E-state index contributed by atoms with van der Waals surface area (Å²) in [7, 11) is 0. The van der Waals surface area contributed by atoms with E-state index in [1.807, 2.05) is 0 Å². The fourth-order valence-electron chi connectivity index (χ4n) is 2.09. The van der Waals surface area contributed by atoms with Crippen molar-refractivity contribution in [2.45, 2.75) is 0 Å². The van der Waals surface area contributed by atoms with Crippen LogP contribution in [0.4, 0.5) is 15.8 Å². The highest BCUT2D eigenvalue weighted by molar-refractivity contribution is 6.34. The van der Waals surface area contributed by atoms with Gasteiger partial charge in [-0.3, -0.25) is 9.59 Å². The van der Waals surface area contributed by atoms with E-state index in [0.29, 0.717) is 5.69 Å². The Hall–Kier alpha value is -3.12. The zero-order chi connectivity index (χ0) is 17.8. The molecule has 1 aromatic heterocycles. The second-order valence-electron chi connectivity index (χ2n) is 5.09. The van der Waals surface area contributed by atoms with Gasteiger partial charge in [0.15, 0.2) is 5.76 Å². The number of furan rings is 1. The van der Waals surface area contributed by atoms with Gasteiger partial charge < -0.3 is 15.1 Å². The quantitative estimate of drug-likeness (QED) is 0.717. The fraction of sp³-hybridized carbons (Fsp3) is 0. The van der Waals surface area contributed by atoms with E-state index in [4.69, 9.17) is 16.0 Å². The second kappa shape index (κ2) is 7.19. The molecule has 0 aliphatic carbocycles. The summed E-state index contributed by atoms with van der Waals surface area (Å²) in [5, 5.41) is 5.49. The maximum absolute atomic E-state index is 12.9. The van der Waals surface area contributed by atoms with Gasteiger partial charge in [-0.2, -0.15) is 0 Å². The van der Waals surface area contributed by atoms with Crippen LogP contribution in [0.1, 0.15) is 20.9 Å². The molecule has 3 rings (SSSR count). The largest absolute Gasteiger partial charge is 0.459 e. The van der Waals surface area contributed by atoms with Gasteiger partial charge in [-0.1, -0.05) is 11.6 Å². The minimum absolute atomic E-state index is 0.122. The summed E-state index contributed by atoms with van der Waals surface area (Å²) < 4.78 is 17.9. The Morgan fingerprint density at radius 2 is 1.72 bits per heavy atom. The molecule has 0 aliphatic heterocycles. The van der Waals surface area contributed by atoms with Crippen LogP contribution in [0.25, 0.3) is 0 Å². The third-order valence-electron chi connectivity index (χ3n) is 3.32. The first-order valence-corrected chi connectivity index (χ1v) is 7.62. The number of rotatable bonds is 4. The number of anilines is 2. The fourth-order valence-corrected chi connectivity index (χ4v) is 2.26. The Balaban J connectivity index is 1.77. The van der Waals surface area contributed by atoms with Crippen LogP contribution in [0.3, 0.4) is 0 Å². The minimum atomic E-state index is -0.483. The number of carbonyl (C=O) groups is 2. The number of amides is 2. The maximum atomic E-state index is 12.9. The predicted octanol–water partition coefficient (Wildman–Crippen LogP) is 4.58. The number of benzene rings is 2. The van der Waals surface area contributed by atoms with E-state index < -0.39 is 17.6 Å². The summed E-state index contributed by atoms with van der Waals surface area (Å²) in [4.78, 5) is 24.3. The summed E-state index contributed by atoms with van der Waals surface area (Å²) in [5.41, 5.74) is 1.00. The van der Waals surface area contributed by atoms with Crippen molar-refractivity contribution in [3.63, 3.8) is 0 Å². The van der Waals surface area contributed by atoms with E-state index in [0.717, 1.165) is 0 Å². The molecule has 0 fully saturated rings. The minimum Gasteiger partial charge on any atom is -0.459 e. The lowest BCUT2D eigenvalue weighted by atomic mass is 10.1. The topological polar surface area (TPSA) is 71.3 Å². The van der Waals surface area contributed by atoms with Crippen molar-refractivity contribution in [3.05, 3.63) is 83.0 Å². The lowest BCUT2D eigenvalue weighted by Crippen LogP contribution is -2.14. The van der Waals surface area contributed by atoms with Gasteiger partial charge in [-0.05, 0) is 54.6 Å². The van der Waals surface area contributed by atoms with Crippen LogP contribution in [0.5, 0.6) is 0 Å². The van der Waals surface area contributed by atoms with Crippen molar-refractivity contribution < 1.29 is 18.4 Å². The van der Waals surface area contributed by atoms with E-state index in [1.165, 1.54) is 54.8 Å². The standard InChI is InChI=1S/C18H12ClFN2O3/c19-14-8-3-11(17(23)21-13-6-4-12(20)5-7-13)10-15(14)22-18(24)16-2-1-9-25-16/h1-10H,(H,21,23)(H,22,24). The molecule has 0 saturated heterocycles. The Morgan fingerprint density at radius 1 is 0.960 bits per heavy atom. The van der Waals surface area contributed by atoms with Crippen molar-refractivity contribution in [3.8, 4) is 0 Å². The molecule has 1 heterocycles. The van der Waals surface area contributed by atoms with Crippen LogP contribution in [0.15, 0.2) is 65.3 Å². The van der Waals surface area contributed by atoms with Gasteiger partial charge in [0, 0.05) is 11.3 Å². The molecule has 5 nitrogen and oxygen atoms in total. The first-order valence-electron chi connectivity index (χ1n) is 7.24. The first-order chi connectivity index (χ1) is 12.0. The molecule has 25 heavy (non-hydrogen) atoms. The molecule has 2 N–H and O–H groups in total. The molecular formula is C18H12ClFN2O3. The van der Waals surface area contributed by atoms with Gasteiger partial charge >= 0.3 is 0 Å². The first kappa shape index (κ1) is 16.7. The van der Waals surface area contributed by atoms with Gasteiger partial charge in [-0.25, -0.2) is 4.39 Å².